The minimum absolute atomic E-state index is 0.0231. The van der Waals surface area contributed by atoms with Crippen LogP contribution < -0.4 is 4.74 Å². The highest BCUT2D eigenvalue weighted by Crippen LogP contribution is 2.60. The standard InChI is InChI=1S/C21H16Br2F2N2O3/c1-21(2)12(9-17(22)23)19(21)20(28)30-16(10-26)14-4-3-5-18(27-14)29-15-7-6-11(24)8-13(15)25/h3-9,12,16,19H,1-2H3/t12-,16?,19-/m0/s1. The molecule has 1 aromatic carbocycles. The van der Waals surface area contributed by atoms with Gasteiger partial charge in [0.25, 0.3) is 0 Å². The number of carbonyl (C=O) groups excluding carboxylic acids is 1. The van der Waals surface area contributed by atoms with Gasteiger partial charge in [0.2, 0.25) is 12.0 Å². The molecule has 0 aliphatic heterocycles. The van der Waals surface area contributed by atoms with Crippen LogP contribution in [0, 0.1) is 40.2 Å². The van der Waals surface area contributed by atoms with Crippen molar-refractivity contribution in [3.63, 3.8) is 0 Å². The van der Waals surface area contributed by atoms with Crippen molar-refractivity contribution >= 4 is 37.8 Å². The molecule has 1 unspecified atom stereocenters. The molecule has 9 heteroatoms. The molecule has 0 saturated heterocycles. The molecule has 1 saturated carbocycles. The van der Waals surface area contributed by atoms with Gasteiger partial charge >= 0.3 is 5.97 Å². The number of nitrogens with zero attached hydrogens (tertiary/aromatic N) is 2. The van der Waals surface area contributed by atoms with E-state index >= 15 is 0 Å². The second-order valence-electron chi connectivity index (χ2n) is 7.30. The maximum absolute atomic E-state index is 13.8. The molecule has 1 fully saturated rings. The molecule has 2 aromatic rings. The van der Waals surface area contributed by atoms with Crippen molar-refractivity contribution in [1.29, 1.82) is 5.26 Å². The monoisotopic (exact) mass is 540 g/mol. The van der Waals surface area contributed by atoms with Crippen LogP contribution in [-0.2, 0) is 9.53 Å². The van der Waals surface area contributed by atoms with E-state index in [1.165, 1.54) is 18.2 Å². The quantitative estimate of drug-likeness (QED) is 0.409. The molecule has 0 radical (unpaired) electrons. The first-order chi connectivity index (χ1) is 14.1. The topological polar surface area (TPSA) is 72.2 Å². The van der Waals surface area contributed by atoms with Crippen LogP contribution in [0.15, 0.2) is 45.9 Å². The maximum Gasteiger partial charge on any atom is 0.311 e. The van der Waals surface area contributed by atoms with Crippen LogP contribution >= 0.6 is 31.9 Å². The Balaban J connectivity index is 1.75. The molecule has 156 valence electrons. The summed E-state index contributed by atoms with van der Waals surface area (Å²) in [5.41, 5.74) is -0.166. The van der Waals surface area contributed by atoms with Gasteiger partial charge in [-0.15, -0.1) is 0 Å². The first-order valence-corrected chi connectivity index (χ1v) is 10.4. The minimum Gasteiger partial charge on any atom is -0.440 e. The molecule has 0 N–H and O–H groups in total. The number of hydrogen-bond acceptors (Lipinski definition) is 5. The third kappa shape index (κ3) is 4.87. The molecule has 0 amide bonds. The number of allylic oxidation sites excluding steroid dienone is 1. The van der Waals surface area contributed by atoms with Crippen LogP contribution in [0.1, 0.15) is 25.6 Å². The summed E-state index contributed by atoms with van der Waals surface area (Å²) in [7, 11) is 0. The van der Waals surface area contributed by atoms with Crippen LogP contribution in [0.25, 0.3) is 0 Å². The number of benzene rings is 1. The van der Waals surface area contributed by atoms with Gasteiger partial charge in [-0.25, -0.2) is 13.8 Å². The van der Waals surface area contributed by atoms with Gasteiger partial charge in [-0.3, -0.25) is 4.79 Å². The van der Waals surface area contributed by atoms with Gasteiger partial charge in [-0.2, -0.15) is 5.26 Å². The molecule has 1 heterocycles. The smallest absolute Gasteiger partial charge is 0.311 e. The van der Waals surface area contributed by atoms with Crippen LogP contribution in [0.4, 0.5) is 8.78 Å². The van der Waals surface area contributed by atoms with E-state index in [0.717, 1.165) is 15.5 Å². The van der Waals surface area contributed by atoms with Gasteiger partial charge in [-0.1, -0.05) is 26.0 Å². The van der Waals surface area contributed by atoms with E-state index in [4.69, 9.17) is 9.47 Å². The Hall–Kier alpha value is -2.31. The number of esters is 1. The SMILES string of the molecule is CC1(C)[C@H](C(=O)OC(C#N)c2cccc(Oc3ccc(F)cc3F)n2)[C@@H]1C=C(Br)Br. The van der Waals surface area contributed by atoms with Crippen molar-refractivity contribution in [3.8, 4) is 17.7 Å². The highest BCUT2D eigenvalue weighted by molar-refractivity contribution is 9.28. The fourth-order valence-corrected chi connectivity index (χ4v) is 3.79. The third-order valence-electron chi connectivity index (χ3n) is 4.94. The fraction of sp³-hybridized carbons (Fsp3) is 0.286. The molecular formula is C21H16Br2F2N2O3. The summed E-state index contributed by atoms with van der Waals surface area (Å²) in [6, 6.07) is 9.25. The van der Waals surface area contributed by atoms with Crippen molar-refractivity contribution in [3.05, 3.63) is 63.2 Å². The van der Waals surface area contributed by atoms with Crippen LogP contribution in [0.5, 0.6) is 11.6 Å². The Kier molecular flexibility index (Phi) is 6.58. The number of ether oxygens (including phenoxy) is 2. The molecule has 1 aromatic heterocycles. The van der Waals surface area contributed by atoms with Gasteiger partial charge in [0, 0.05) is 12.1 Å². The maximum atomic E-state index is 13.8. The van der Waals surface area contributed by atoms with Crippen molar-refractivity contribution < 1.29 is 23.0 Å². The lowest BCUT2D eigenvalue weighted by Gasteiger charge is -2.13. The predicted octanol–water partition coefficient (Wildman–Crippen LogP) is 6.16. The predicted molar refractivity (Wildman–Crippen MR) is 112 cm³/mol. The Morgan fingerprint density at radius 1 is 1.30 bits per heavy atom. The van der Waals surface area contributed by atoms with Gasteiger partial charge in [-0.05, 0) is 61.4 Å². The van der Waals surface area contributed by atoms with Crippen molar-refractivity contribution in [1.82, 2.24) is 4.98 Å². The first kappa shape index (κ1) is 22.4. The van der Waals surface area contributed by atoms with Crippen LogP contribution in [0.3, 0.4) is 0 Å². The zero-order valence-corrected chi connectivity index (χ0v) is 19.1. The molecule has 0 spiro atoms. The van der Waals surface area contributed by atoms with Gasteiger partial charge < -0.3 is 9.47 Å². The summed E-state index contributed by atoms with van der Waals surface area (Å²) < 4.78 is 38.3. The van der Waals surface area contributed by atoms with E-state index in [1.54, 1.807) is 0 Å². The number of rotatable bonds is 6. The van der Waals surface area contributed by atoms with E-state index in [9.17, 15) is 18.8 Å². The molecule has 3 atom stereocenters. The van der Waals surface area contributed by atoms with Gasteiger partial charge in [0.1, 0.15) is 11.9 Å². The summed E-state index contributed by atoms with van der Waals surface area (Å²) in [5.74, 6) is -2.81. The molecule has 5 nitrogen and oxygen atoms in total. The third-order valence-corrected chi connectivity index (χ3v) is 5.47. The Labute approximate surface area is 189 Å². The van der Waals surface area contributed by atoms with Gasteiger partial charge in [0.15, 0.2) is 11.6 Å². The van der Waals surface area contributed by atoms with E-state index < -0.39 is 29.6 Å². The lowest BCUT2D eigenvalue weighted by molar-refractivity contribution is -0.149. The van der Waals surface area contributed by atoms with E-state index in [2.05, 4.69) is 36.8 Å². The Morgan fingerprint density at radius 3 is 2.67 bits per heavy atom. The van der Waals surface area contributed by atoms with Crippen LogP contribution in [-0.4, -0.2) is 11.0 Å². The molecule has 0 bridgehead atoms. The zero-order chi connectivity index (χ0) is 22.1. The summed E-state index contributed by atoms with van der Waals surface area (Å²) >= 11 is 6.58. The average molecular weight is 542 g/mol. The van der Waals surface area contributed by atoms with Crippen LogP contribution in [0.2, 0.25) is 0 Å². The number of halogens is 4. The molecule has 1 aliphatic rings. The van der Waals surface area contributed by atoms with Gasteiger partial charge in [0.05, 0.1) is 15.0 Å². The Bertz CT molecular complexity index is 1050. The molecule has 30 heavy (non-hydrogen) atoms. The lowest BCUT2D eigenvalue weighted by Crippen LogP contribution is -2.15. The van der Waals surface area contributed by atoms with E-state index in [0.29, 0.717) is 6.07 Å². The highest BCUT2D eigenvalue weighted by atomic mass is 79.9. The number of aromatic nitrogens is 1. The minimum atomic E-state index is -1.26. The lowest BCUT2D eigenvalue weighted by atomic mass is 10.1. The molecule has 3 rings (SSSR count). The largest absolute Gasteiger partial charge is 0.440 e. The fourth-order valence-electron chi connectivity index (χ4n) is 3.22. The van der Waals surface area contributed by atoms with Crippen molar-refractivity contribution in [2.45, 2.75) is 20.0 Å². The zero-order valence-electron chi connectivity index (χ0n) is 15.9. The number of carbonyl (C=O) groups is 1. The summed E-state index contributed by atoms with van der Waals surface area (Å²) in [5, 5.41) is 9.49. The first-order valence-electron chi connectivity index (χ1n) is 8.86. The highest BCUT2D eigenvalue weighted by Gasteiger charge is 2.61. The second-order valence-corrected chi connectivity index (χ2v) is 10.1. The second kappa shape index (κ2) is 8.82. The molecule has 1 aliphatic carbocycles. The van der Waals surface area contributed by atoms with E-state index in [-0.39, 0.29) is 28.7 Å². The summed E-state index contributed by atoms with van der Waals surface area (Å²) in [4.78, 5) is 16.8. The average Bonchev–Trinajstić information content (AvgIpc) is 3.21. The van der Waals surface area contributed by atoms with E-state index in [1.807, 2.05) is 26.0 Å². The van der Waals surface area contributed by atoms with Crippen molar-refractivity contribution in [2.24, 2.45) is 17.3 Å². The van der Waals surface area contributed by atoms with Crippen molar-refractivity contribution in [2.75, 3.05) is 0 Å². The number of nitriles is 1. The number of hydrogen-bond donors (Lipinski definition) is 0. The summed E-state index contributed by atoms with van der Waals surface area (Å²) in [6.07, 6.45) is 0.615. The number of pyridine rings is 1. The molecular weight excluding hydrogens is 526 g/mol. The normalized spacial score (nSPS) is 19.9. The summed E-state index contributed by atoms with van der Waals surface area (Å²) in [6.45, 7) is 3.88. The Morgan fingerprint density at radius 2 is 2.03 bits per heavy atom.